The van der Waals surface area contributed by atoms with Crippen LogP contribution < -0.4 is 10.1 Å². The van der Waals surface area contributed by atoms with Crippen molar-refractivity contribution in [1.29, 1.82) is 0 Å². The van der Waals surface area contributed by atoms with Crippen LogP contribution >= 0.6 is 0 Å². The SMILES string of the molecule is COc1cccc(CNCC(c2ccco2)N(C)C)c1. The summed E-state index contributed by atoms with van der Waals surface area (Å²) in [7, 11) is 5.80. The van der Waals surface area contributed by atoms with Gasteiger partial charge in [0.15, 0.2) is 0 Å². The maximum absolute atomic E-state index is 5.49. The standard InChI is InChI=1S/C16H22N2O2/c1-18(2)15(16-8-5-9-20-16)12-17-11-13-6-4-7-14(10-13)19-3/h4-10,15,17H,11-12H2,1-3H3. The van der Waals surface area contributed by atoms with Crippen molar-refractivity contribution >= 4 is 0 Å². The monoisotopic (exact) mass is 274 g/mol. The van der Waals surface area contributed by atoms with Crippen molar-refractivity contribution in [2.75, 3.05) is 27.7 Å². The summed E-state index contributed by atoms with van der Waals surface area (Å²) in [5.41, 5.74) is 1.21. The normalized spacial score (nSPS) is 12.6. The molecule has 4 heteroatoms. The molecule has 2 aromatic rings. The summed E-state index contributed by atoms with van der Waals surface area (Å²) in [5.74, 6) is 1.87. The molecule has 0 aliphatic carbocycles. The smallest absolute Gasteiger partial charge is 0.122 e. The van der Waals surface area contributed by atoms with Crippen molar-refractivity contribution in [2.24, 2.45) is 0 Å². The van der Waals surface area contributed by atoms with Gasteiger partial charge in [-0.25, -0.2) is 0 Å². The first-order valence-electron chi connectivity index (χ1n) is 6.74. The van der Waals surface area contributed by atoms with Crippen molar-refractivity contribution in [3.63, 3.8) is 0 Å². The Morgan fingerprint density at radius 1 is 1.25 bits per heavy atom. The van der Waals surface area contributed by atoms with E-state index in [1.54, 1.807) is 13.4 Å². The largest absolute Gasteiger partial charge is 0.497 e. The molecule has 1 atom stereocenters. The molecular formula is C16H22N2O2. The molecule has 1 aromatic carbocycles. The van der Waals surface area contributed by atoms with E-state index in [0.29, 0.717) is 0 Å². The number of hydrogen-bond donors (Lipinski definition) is 1. The average molecular weight is 274 g/mol. The number of hydrogen-bond acceptors (Lipinski definition) is 4. The molecule has 0 fully saturated rings. The fraction of sp³-hybridized carbons (Fsp3) is 0.375. The summed E-state index contributed by atoms with van der Waals surface area (Å²) < 4.78 is 10.7. The van der Waals surface area contributed by atoms with E-state index < -0.39 is 0 Å². The second-order valence-corrected chi connectivity index (χ2v) is 4.98. The van der Waals surface area contributed by atoms with E-state index in [4.69, 9.17) is 9.15 Å². The first-order chi connectivity index (χ1) is 9.70. The molecule has 1 unspecified atom stereocenters. The summed E-state index contributed by atoms with van der Waals surface area (Å²) in [6.45, 7) is 1.64. The molecule has 0 aliphatic rings. The lowest BCUT2D eigenvalue weighted by Gasteiger charge is -2.22. The van der Waals surface area contributed by atoms with E-state index in [1.807, 2.05) is 30.3 Å². The summed E-state index contributed by atoms with van der Waals surface area (Å²) >= 11 is 0. The molecule has 0 amide bonds. The number of ether oxygens (including phenoxy) is 1. The maximum Gasteiger partial charge on any atom is 0.122 e. The minimum atomic E-state index is 0.232. The lowest BCUT2D eigenvalue weighted by atomic mass is 10.2. The fourth-order valence-corrected chi connectivity index (χ4v) is 2.15. The molecule has 0 radical (unpaired) electrons. The van der Waals surface area contributed by atoms with Gasteiger partial charge in [0.1, 0.15) is 11.5 Å². The van der Waals surface area contributed by atoms with Gasteiger partial charge in [0.25, 0.3) is 0 Å². The molecule has 1 N–H and O–H groups in total. The molecule has 0 aliphatic heterocycles. The van der Waals surface area contributed by atoms with E-state index in [-0.39, 0.29) is 6.04 Å². The van der Waals surface area contributed by atoms with Crippen LogP contribution in [0.5, 0.6) is 5.75 Å². The van der Waals surface area contributed by atoms with Crippen molar-refractivity contribution in [3.8, 4) is 5.75 Å². The predicted octanol–water partition coefficient (Wildman–Crippen LogP) is 2.68. The molecule has 108 valence electrons. The van der Waals surface area contributed by atoms with Crippen LogP contribution in [0.2, 0.25) is 0 Å². The Hall–Kier alpha value is -1.78. The number of furan rings is 1. The topological polar surface area (TPSA) is 37.6 Å². The van der Waals surface area contributed by atoms with Crippen LogP contribution in [0.3, 0.4) is 0 Å². The Balaban J connectivity index is 1.90. The van der Waals surface area contributed by atoms with Crippen LogP contribution in [-0.2, 0) is 6.54 Å². The Bertz CT molecular complexity index is 509. The molecule has 0 saturated heterocycles. The third-order valence-corrected chi connectivity index (χ3v) is 3.30. The molecule has 0 bridgehead atoms. The van der Waals surface area contributed by atoms with Gasteiger partial charge in [-0.05, 0) is 43.9 Å². The summed E-state index contributed by atoms with van der Waals surface area (Å²) in [4.78, 5) is 2.15. The van der Waals surface area contributed by atoms with Crippen LogP contribution in [0.25, 0.3) is 0 Å². The number of methoxy groups -OCH3 is 1. The zero-order valence-electron chi connectivity index (χ0n) is 12.3. The van der Waals surface area contributed by atoms with E-state index in [2.05, 4.69) is 30.4 Å². The van der Waals surface area contributed by atoms with Crippen molar-refractivity contribution in [2.45, 2.75) is 12.6 Å². The van der Waals surface area contributed by atoms with E-state index in [1.165, 1.54) is 5.56 Å². The zero-order chi connectivity index (χ0) is 14.4. The average Bonchev–Trinajstić information content (AvgIpc) is 2.97. The van der Waals surface area contributed by atoms with Crippen molar-refractivity contribution in [3.05, 3.63) is 54.0 Å². The number of rotatable bonds is 7. The van der Waals surface area contributed by atoms with E-state index in [9.17, 15) is 0 Å². The Morgan fingerprint density at radius 3 is 2.75 bits per heavy atom. The first-order valence-corrected chi connectivity index (χ1v) is 6.74. The minimum Gasteiger partial charge on any atom is -0.497 e. The molecule has 0 saturated carbocycles. The van der Waals surface area contributed by atoms with Gasteiger partial charge in [0.2, 0.25) is 0 Å². The molecule has 2 rings (SSSR count). The van der Waals surface area contributed by atoms with E-state index >= 15 is 0 Å². The molecule has 1 aromatic heterocycles. The molecule has 20 heavy (non-hydrogen) atoms. The molecular weight excluding hydrogens is 252 g/mol. The predicted molar refractivity (Wildman–Crippen MR) is 79.8 cm³/mol. The van der Waals surface area contributed by atoms with Crippen LogP contribution in [-0.4, -0.2) is 32.6 Å². The third-order valence-electron chi connectivity index (χ3n) is 3.30. The maximum atomic E-state index is 5.49. The number of nitrogens with one attached hydrogen (secondary N) is 1. The zero-order valence-corrected chi connectivity index (χ0v) is 12.3. The highest BCUT2D eigenvalue weighted by Crippen LogP contribution is 2.18. The second-order valence-electron chi connectivity index (χ2n) is 4.98. The van der Waals surface area contributed by atoms with E-state index in [0.717, 1.165) is 24.6 Å². The molecule has 0 spiro atoms. The lowest BCUT2D eigenvalue weighted by Crippen LogP contribution is -2.30. The van der Waals surface area contributed by atoms with Crippen molar-refractivity contribution < 1.29 is 9.15 Å². The van der Waals surface area contributed by atoms with Crippen LogP contribution in [0.4, 0.5) is 0 Å². The highest BCUT2D eigenvalue weighted by atomic mass is 16.5. The highest BCUT2D eigenvalue weighted by Gasteiger charge is 2.16. The molecule has 1 heterocycles. The third kappa shape index (κ3) is 3.85. The van der Waals surface area contributed by atoms with Crippen LogP contribution in [0, 0.1) is 0 Å². The summed E-state index contributed by atoms with van der Waals surface area (Å²) in [6, 6.07) is 12.3. The number of benzene rings is 1. The second kappa shape index (κ2) is 7.12. The van der Waals surface area contributed by atoms with Gasteiger partial charge >= 0.3 is 0 Å². The Kier molecular flexibility index (Phi) is 5.21. The molecule has 4 nitrogen and oxygen atoms in total. The summed E-state index contributed by atoms with van der Waals surface area (Å²) in [6.07, 6.45) is 1.72. The first kappa shape index (κ1) is 14.6. The number of likely N-dealkylation sites (N-methyl/N-ethyl adjacent to an activating group) is 1. The van der Waals surface area contributed by atoms with Crippen LogP contribution in [0.1, 0.15) is 17.4 Å². The Labute approximate surface area is 120 Å². The number of nitrogens with zero attached hydrogens (tertiary/aromatic N) is 1. The van der Waals surface area contributed by atoms with Gasteiger partial charge in [-0.15, -0.1) is 0 Å². The fourth-order valence-electron chi connectivity index (χ4n) is 2.15. The van der Waals surface area contributed by atoms with Gasteiger partial charge in [0.05, 0.1) is 19.4 Å². The van der Waals surface area contributed by atoms with Crippen LogP contribution in [0.15, 0.2) is 47.1 Å². The van der Waals surface area contributed by atoms with Crippen molar-refractivity contribution in [1.82, 2.24) is 10.2 Å². The highest BCUT2D eigenvalue weighted by molar-refractivity contribution is 5.28. The van der Waals surface area contributed by atoms with Gasteiger partial charge in [-0.2, -0.15) is 0 Å². The quantitative estimate of drug-likeness (QED) is 0.842. The van der Waals surface area contributed by atoms with Gasteiger partial charge in [-0.1, -0.05) is 12.1 Å². The lowest BCUT2D eigenvalue weighted by molar-refractivity contribution is 0.250. The van der Waals surface area contributed by atoms with Gasteiger partial charge in [-0.3, -0.25) is 4.90 Å². The van der Waals surface area contributed by atoms with Gasteiger partial charge in [0, 0.05) is 13.1 Å². The Morgan fingerprint density at radius 2 is 2.10 bits per heavy atom. The minimum absolute atomic E-state index is 0.232. The van der Waals surface area contributed by atoms with Gasteiger partial charge < -0.3 is 14.5 Å². The summed E-state index contributed by atoms with van der Waals surface area (Å²) in [5, 5.41) is 3.47.